The number of amides is 1. The molecule has 0 aromatic heterocycles. The molecule has 10 heteroatoms. The highest BCUT2D eigenvalue weighted by atomic mass is 32.2. The smallest absolute Gasteiger partial charge is 0.265 e. The van der Waals surface area contributed by atoms with Crippen LogP contribution in [0, 0.1) is 0 Å². The fraction of sp³-hybridized carbons (Fsp3) is 0.517. The number of nitrogens with one attached hydrogen (secondary N) is 1. The van der Waals surface area contributed by atoms with Crippen LogP contribution in [0.4, 0.5) is 0 Å². The third kappa shape index (κ3) is 7.25. The lowest BCUT2D eigenvalue weighted by atomic mass is 9.98. The predicted octanol–water partition coefficient (Wildman–Crippen LogP) is 4.18. The van der Waals surface area contributed by atoms with Crippen LogP contribution in [0.3, 0.4) is 0 Å². The van der Waals surface area contributed by atoms with Crippen LogP contribution in [0.25, 0.3) is 0 Å². The van der Waals surface area contributed by atoms with Crippen LogP contribution in [-0.4, -0.2) is 66.9 Å². The van der Waals surface area contributed by atoms with Gasteiger partial charge in [0, 0.05) is 43.8 Å². The minimum atomic E-state index is -4.09. The van der Waals surface area contributed by atoms with Crippen LogP contribution in [0.1, 0.15) is 69.3 Å². The van der Waals surface area contributed by atoms with Gasteiger partial charge in [0.25, 0.3) is 5.91 Å². The molecular weight excluding hydrogens is 520 g/mol. The summed E-state index contributed by atoms with van der Waals surface area (Å²) in [5.41, 5.74) is 3.35. The van der Waals surface area contributed by atoms with E-state index in [1.807, 2.05) is 24.3 Å². The maximum absolute atomic E-state index is 13.3. The van der Waals surface area contributed by atoms with Gasteiger partial charge in [-0.2, -0.15) is 0 Å². The Morgan fingerprint density at radius 3 is 2.13 bits per heavy atom. The predicted molar refractivity (Wildman–Crippen MR) is 148 cm³/mol. The molecule has 0 radical (unpaired) electrons. The van der Waals surface area contributed by atoms with Crippen LogP contribution >= 0.6 is 0 Å². The number of carbonyl (C=O) groups is 2. The number of rotatable bonds is 13. The Hall–Kier alpha value is -2.79. The van der Waals surface area contributed by atoms with Crippen LogP contribution in [-0.2, 0) is 25.9 Å². The number of nitrogens with zero attached hydrogens (tertiary/aromatic N) is 1. The third-order valence-electron chi connectivity index (χ3n) is 7.25. The number of Topliss-reactive ketones (excluding diaryl/α,β-unsaturated/α-hetero) is 1. The SMILES string of the molecule is CC(C)N(Cc1ccc(C(=O)CCCOc2ccc(S(=O)(=O)C3(C(=O)NO)CCOCC3)cc2)cc1)C(C)C. The largest absolute Gasteiger partial charge is 0.494 e. The summed E-state index contributed by atoms with van der Waals surface area (Å²) in [6.45, 7) is 10.0. The molecule has 1 aliphatic heterocycles. The van der Waals surface area contributed by atoms with E-state index in [9.17, 15) is 18.0 Å². The van der Waals surface area contributed by atoms with Gasteiger partial charge in [0.2, 0.25) is 0 Å². The molecule has 1 saturated heterocycles. The van der Waals surface area contributed by atoms with Gasteiger partial charge in [-0.1, -0.05) is 24.3 Å². The Balaban J connectivity index is 1.52. The van der Waals surface area contributed by atoms with Crippen molar-refractivity contribution >= 4 is 21.5 Å². The van der Waals surface area contributed by atoms with Gasteiger partial charge in [0.1, 0.15) is 5.75 Å². The topological polar surface area (TPSA) is 122 Å². The molecular formula is C29H40N2O7S. The van der Waals surface area contributed by atoms with E-state index in [-0.39, 0.29) is 36.7 Å². The summed E-state index contributed by atoms with van der Waals surface area (Å²) in [4.78, 5) is 27.4. The van der Waals surface area contributed by atoms with E-state index in [0.29, 0.717) is 42.8 Å². The van der Waals surface area contributed by atoms with E-state index in [2.05, 4.69) is 32.6 Å². The molecule has 3 rings (SSSR count). The lowest BCUT2D eigenvalue weighted by Crippen LogP contribution is -2.54. The minimum Gasteiger partial charge on any atom is -0.494 e. The van der Waals surface area contributed by atoms with Crippen LogP contribution in [0.15, 0.2) is 53.4 Å². The molecule has 1 aliphatic rings. The third-order valence-corrected chi connectivity index (χ3v) is 9.76. The van der Waals surface area contributed by atoms with Gasteiger partial charge in [-0.25, -0.2) is 13.9 Å². The van der Waals surface area contributed by atoms with E-state index in [1.54, 1.807) is 0 Å². The molecule has 1 amide bonds. The second-order valence-electron chi connectivity index (χ2n) is 10.5. The van der Waals surface area contributed by atoms with Gasteiger partial charge >= 0.3 is 0 Å². The Bertz CT molecular complexity index is 1200. The number of hydroxylamine groups is 1. The normalized spacial score (nSPS) is 15.5. The maximum atomic E-state index is 13.3. The fourth-order valence-electron chi connectivity index (χ4n) is 4.90. The summed E-state index contributed by atoms with van der Waals surface area (Å²) in [6, 6.07) is 14.4. The summed E-state index contributed by atoms with van der Waals surface area (Å²) in [5.74, 6) is -0.461. The first-order valence-electron chi connectivity index (χ1n) is 13.4. The second-order valence-corrected chi connectivity index (χ2v) is 12.7. The quantitative estimate of drug-likeness (QED) is 0.162. The molecule has 0 spiro atoms. The zero-order valence-electron chi connectivity index (χ0n) is 23.2. The van der Waals surface area contributed by atoms with Crippen LogP contribution in [0.5, 0.6) is 5.75 Å². The summed E-state index contributed by atoms with van der Waals surface area (Å²) >= 11 is 0. The van der Waals surface area contributed by atoms with Crippen molar-refractivity contribution in [2.75, 3.05) is 19.8 Å². The number of hydrogen-bond donors (Lipinski definition) is 2. The van der Waals surface area contributed by atoms with Crippen molar-refractivity contribution in [3.63, 3.8) is 0 Å². The van der Waals surface area contributed by atoms with Gasteiger partial charge < -0.3 is 9.47 Å². The number of hydrogen-bond acceptors (Lipinski definition) is 8. The molecule has 0 saturated carbocycles. The van der Waals surface area contributed by atoms with E-state index in [4.69, 9.17) is 14.7 Å². The molecule has 0 atom stereocenters. The highest BCUT2D eigenvalue weighted by Gasteiger charge is 2.52. The van der Waals surface area contributed by atoms with Gasteiger partial charge in [-0.15, -0.1) is 0 Å². The average molecular weight is 561 g/mol. The van der Waals surface area contributed by atoms with Crippen molar-refractivity contribution in [3.05, 3.63) is 59.7 Å². The molecule has 0 unspecified atom stereocenters. The molecule has 214 valence electrons. The molecule has 2 N–H and O–H groups in total. The highest BCUT2D eigenvalue weighted by Crippen LogP contribution is 2.35. The molecule has 39 heavy (non-hydrogen) atoms. The lowest BCUT2D eigenvalue weighted by Gasteiger charge is -2.34. The Labute approximate surface area is 231 Å². The number of ketones is 1. The van der Waals surface area contributed by atoms with Gasteiger partial charge in [0.15, 0.2) is 20.4 Å². The van der Waals surface area contributed by atoms with E-state index < -0.39 is 20.5 Å². The van der Waals surface area contributed by atoms with Crippen LogP contribution in [0.2, 0.25) is 0 Å². The lowest BCUT2D eigenvalue weighted by molar-refractivity contribution is -0.134. The first-order valence-corrected chi connectivity index (χ1v) is 14.9. The first-order chi connectivity index (χ1) is 18.5. The number of carbonyl (C=O) groups excluding carboxylic acids is 2. The first kappa shape index (κ1) is 30.7. The summed E-state index contributed by atoms with van der Waals surface area (Å²) in [7, 11) is -4.09. The molecule has 0 bridgehead atoms. The zero-order chi connectivity index (χ0) is 28.6. The molecule has 2 aromatic carbocycles. The Morgan fingerprint density at radius 2 is 1.59 bits per heavy atom. The average Bonchev–Trinajstić information content (AvgIpc) is 2.94. The zero-order valence-corrected chi connectivity index (χ0v) is 24.0. The molecule has 1 fully saturated rings. The van der Waals surface area contributed by atoms with Crippen molar-refractivity contribution in [2.45, 2.75) is 81.6 Å². The number of benzene rings is 2. The van der Waals surface area contributed by atoms with Gasteiger partial charge in [-0.05, 0) is 76.8 Å². The number of sulfone groups is 1. The highest BCUT2D eigenvalue weighted by molar-refractivity contribution is 7.93. The van der Waals surface area contributed by atoms with Crippen molar-refractivity contribution in [3.8, 4) is 5.75 Å². The van der Waals surface area contributed by atoms with Crippen molar-refractivity contribution in [1.82, 2.24) is 10.4 Å². The fourth-order valence-corrected chi connectivity index (χ4v) is 6.84. The number of ether oxygens (including phenoxy) is 2. The molecule has 2 aromatic rings. The van der Waals surface area contributed by atoms with Crippen molar-refractivity contribution in [2.24, 2.45) is 0 Å². The van der Waals surface area contributed by atoms with E-state index in [0.717, 1.165) is 6.54 Å². The van der Waals surface area contributed by atoms with E-state index >= 15 is 0 Å². The molecule has 0 aliphatic carbocycles. The van der Waals surface area contributed by atoms with Gasteiger partial charge in [0.05, 0.1) is 11.5 Å². The van der Waals surface area contributed by atoms with Crippen molar-refractivity contribution in [1.29, 1.82) is 0 Å². The molecule has 1 heterocycles. The second kappa shape index (κ2) is 13.5. The maximum Gasteiger partial charge on any atom is 0.265 e. The Morgan fingerprint density at radius 1 is 1.00 bits per heavy atom. The minimum absolute atomic E-state index is 0.0381. The van der Waals surface area contributed by atoms with Crippen LogP contribution < -0.4 is 10.2 Å². The molecule has 9 nitrogen and oxygen atoms in total. The standard InChI is InChI=1S/C29H40N2O7S/c1-21(2)31(22(3)4)20-23-7-9-24(10-8-23)27(32)6-5-17-38-25-11-13-26(14-12-25)39(35,36)29(28(33)30-34)15-18-37-19-16-29/h7-14,21-22,34H,5-6,15-20H2,1-4H3,(H,30,33). The van der Waals surface area contributed by atoms with E-state index in [1.165, 1.54) is 35.3 Å². The monoisotopic (exact) mass is 560 g/mol. The summed E-state index contributed by atoms with van der Waals surface area (Å²) < 4.78 is 35.8. The van der Waals surface area contributed by atoms with Crippen molar-refractivity contribution < 1.29 is 32.7 Å². The Kier molecular flexibility index (Phi) is 10.7. The summed E-state index contributed by atoms with van der Waals surface area (Å²) in [6.07, 6.45) is 0.738. The van der Waals surface area contributed by atoms with Gasteiger partial charge in [-0.3, -0.25) is 19.7 Å². The summed E-state index contributed by atoms with van der Waals surface area (Å²) in [5, 5.41) is 9.17.